The average Bonchev–Trinajstić information content (AvgIpc) is 3.18. The molecule has 2 unspecified atom stereocenters. The number of anilines is 2. The third-order valence-electron chi connectivity index (χ3n) is 11.2. The molecule has 14 heteroatoms. The number of carbonyl (C=O) groups is 2. The Morgan fingerprint density at radius 1 is 1.06 bits per heavy atom. The van der Waals surface area contributed by atoms with E-state index in [0.717, 1.165) is 102 Å². The lowest BCUT2D eigenvalue weighted by molar-refractivity contribution is -0.133. The molecule has 4 saturated heterocycles. The number of benzene rings is 2. The zero-order chi connectivity index (χ0) is 37.4. The maximum absolute atomic E-state index is 15.1. The van der Waals surface area contributed by atoms with E-state index in [1.54, 1.807) is 17.8 Å². The molecule has 5 heterocycles. The van der Waals surface area contributed by atoms with Crippen LogP contribution in [0.4, 0.5) is 15.8 Å². The van der Waals surface area contributed by atoms with Crippen LogP contribution in [0.1, 0.15) is 57.2 Å². The third-order valence-corrected chi connectivity index (χ3v) is 12.6. The van der Waals surface area contributed by atoms with E-state index in [2.05, 4.69) is 54.0 Å². The van der Waals surface area contributed by atoms with Gasteiger partial charge in [-0.1, -0.05) is 6.58 Å². The molecular weight excluding hydrogens is 710 g/mol. The summed E-state index contributed by atoms with van der Waals surface area (Å²) in [7, 11) is 0. The largest absolute Gasteiger partial charge is 0.493 e. The SMILES string of the molecule is C=CN(CCN1CCC(COc2cc(F)c3c(=O)[nH]c(CSC4CCOCC4)nc3c2)CC1)C1CCCN(c2ccc(NC3CCC(=O)NC3=O)cc2)C1. The van der Waals surface area contributed by atoms with E-state index < -0.39 is 17.4 Å². The van der Waals surface area contributed by atoms with Gasteiger partial charge in [-0.25, -0.2) is 9.37 Å². The van der Waals surface area contributed by atoms with Gasteiger partial charge in [0, 0.05) is 80.6 Å². The summed E-state index contributed by atoms with van der Waals surface area (Å²) in [4.78, 5) is 51.1. The molecule has 290 valence electrons. The quantitative estimate of drug-likeness (QED) is 0.194. The minimum absolute atomic E-state index is 0.0276. The van der Waals surface area contributed by atoms with Gasteiger partial charge in [-0.15, -0.1) is 0 Å². The standard InChI is InChI=1S/C40H52FN7O5S/c1-2-47(30-4-3-15-48(24-30)29-7-5-28(6-8-29)42-34-9-10-37(49)45-39(34)50)19-18-46-16-11-27(12-17-46)25-53-31-22-33(41)38-35(23-31)43-36(44-40(38)51)26-54-32-13-20-52-21-14-32/h2,5-8,22-23,27,30,32,34,42H,1,3-4,9-21,24-26H2,(H,43,44,51)(H,45,49,50). The van der Waals surface area contributed by atoms with Gasteiger partial charge in [0.05, 0.1) is 17.9 Å². The van der Waals surface area contributed by atoms with Crippen LogP contribution in [0.25, 0.3) is 10.9 Å². The second-order valence-electron chi connectivity index (χ2n) is 14.9. The van der Waals surface area contributed by atoms with Crippen molar-refractivity contribution in [3.8, 4) is 5.75 Å². The Balaban J connectivity index is 0.850. The van der Waals surface area contributed by atoms with Gasteiger partial charge in [0.25, 0.3) is 5.56 Å². The molecule has 0 saturated carbocycles. The number of nitrogens with zero attached hydrogens (tertiary/aromatic N) is 4. The number of halogens is 1. The number of hydrogen-bond acceptors (Lipinski definition) is 11. The van der Waals surface area contributed by atoms with E-state index in [1.165, 1.54) is 6.07 Å². The number of H-pyrrole nitrogens is 1. The Labute approximate surface area is 320 Å². The van der Waals surface area contributed by atoms with Crippen molar-refractivity contribution in [1.29, 1.82) is 0 Å². The lowest BCUT2D eigenvalue weighted by atomic mass is 9.97. The number of fused-ring (bicyclic) bond motifs is 1. The zero-order valence-corrected chi connectivity index (χ0v) is 31.7. The summed E-state index contributed by atoms with van der Waals surface area (Å²) in [6, 6.07) is 11.2. The fraction of sp³-hybridized carbons (Fsp3) is 0.550. The first-order valence-corrected chi connectivity index (χ1v) is 20.5. The van der Waals surface area contributed by atoms with Crippen molar-refractivity contribution in [1.82, 2.24) is 25.1 Å². The highest BCUT2D eigenvalue weighted by atomic mass is 32.2. The molecular formula is C40H52FN7O5S. The summed E-state index contributed by atoms with van der Waals surface area (Å²) in [5.74, 6) is 0.799. The van der Waals surface area contributed by atoms with Gasteiger partial charge in [-0.05, 0) is 94.4 Å². The highest BCUT2D eigenvalue weighted by Gasteiger charge is 2.28. The minimum atomic E-state index is -0.611. The van der Waals surface area contributed by atoms with Crippen LogP contribution in [0.3, 0.4) is 0 Å². The van der Waals surface area contributed by atoms with E-state index in [1.807, 2.05) is 18.3 Å². The number of hydrogen-bond donors (Lipinski definition) is 3. The summed E-state index contributed by atoms with van der Waals surface area (Å²) >= 11 is 1.75. The fourth-order valence-electron chi connectivity index (χ4n) is 7.97. The predicted molar refractivity (Wildman–Crippen MR) is 210 cm³/mol. The molecule has 0 radical (unpaired) electrons. The van der Waals surface area contributed by atoms with Gasteiger partial charge < -0.3 is 34.5 Å². The molecule has 4 aliphatic rings. The van der Waals surface area contributed by atoms with Crippen molar-refractivity contribution in [2.75, 3.05) is 69.3 Å². The van der Waals surface area contributed by atoms with Crippen molar-refractivity contribution in [2.24, 2.45) is 5.92 Å². The van der Waals surface area contributed by atoms with Crippen LogP contribution in [-0.4, -0.2) is 108 Å². The van der Waals surface area contributed by atoms with Crippen molar-refractivity contribution in [2.45, 2.75) is 74.5 Å². The Hall–Kier alpha value is -4.14. The number of amides is 2. The molecule has 2 amide bonds. The van der Waals surface area contributed by atoms with Crippen LogP contribution in [0.15, 0.2) is 54.0 Å². The summed E-state index contributed by atoms with van der Waals surface area (Å²) in [6.45, 7) is 11.9. The number of carbonyl (C=O) groups excluding carboxylic acids is 2. The van der Waals surface area contributed by atoms with Crippen molar-refractivity contribution in [3.63, 3.8) is 0 Å². The Morgan fingerprint density at radius 2 is 1.85 bits per heavy atom. The van der Waals surface area contributed by atoms with Crippen molar-refractivity contribution >= 4 is 45.9 Å². The molecule has 3 N–H and O–H groups in total. The first-order chi connectivity index (χ1) is 26.3. The van der Waals surface area contributed by atoms with Crippen LogP contribution >= 0.6 is 11.8 Å². The highest BCUT2D eigenvalue weighted by Crippen LogP contribution is 2.28. The van der Waals surface area contributed by atoms with Crippen molar-refractivity contribution < 1.29 is 23.5 Å². The lowest BCUT2D eigenvalue weighted by Crippen LogP contribution is -2.48. The van der Waals surface area contributed by atoms with Gasteiger partial charge in [-0.2, -0.15) is 11.8 Å². The second kappa shape index (κ2) is 18.0. The first kappa shape index (κ1) is 38.1. The summed E-state index contributed by atoms with van der Waals surface area (Å²) < 4.78 is 26.6. The number of piperidine rings is 3. The molecule has 12 nitrogen and oxygen atoms in total. The van der Waals surface area contributed by atoms with Crippen LogP contribution < -0.4 is 25.8 Å². The fourth-order valence-corrected chi connectivity index (χ4v) is 9.03. The first-order valence-electron chi connectivity index (χ1n) is 19.4. The van der Waals surface area contributed by atoms with Gasteiger partial charge in [-0.3, -0.25) is 19.7 Å². The molecule has 7 rings (SSSR count). The Morgan fingerprint density at radius 3 is 2.61 bits per heavy atom. The number of nitrogens with one attached hydrogen (secondary N) is 3. The summed E-state index contributed by atoms with van der Waals surface area (Å²) in [5.41, 5.74) is 1.90. The molecule has 54 heavy (non-hydrogen) atoms. The van der Waals surface area contributed by atoms with E-state index in [9.17, 15) is 14.4 Å². The number of likely N-dealkylation sites (tertiary alicyclic amines) is 1. The van der Waals surface area contributed by atoms with Crippen LogP contribution in [0.5, 0.6) is 5.75 Å². The van der Waals surface area contributed by atoms with Gasteiger partial charge in [0.2, 0.25) is 11.8 Å². The summed E-state index contributed by atoms with van der Waals surface area (Å²) in [5, 5.41) is 6.10. The molecule has 1 aromatic heterocycles. The molecule has 2 atom stereocenters. The molecule has 0 aliphatic carbocycles. The molecule has 4 fully saturated rings. The topological polar surface area (TPSA) is 132 Å². The number of aromatic amines is 1. The molecule has 2 aromatic carbocycles. The smallest absolute Gasteiger partial charge is 0.261 e. The van der Waals surface area contributed by atoms with Crippen LogP contribution in [0, 0.1) is 11.7 Å². The number of rotatable bonds is 14. The number of aromatic nitrogens is 2. The highest BCUT2D eigenvalue weighted by molar-refractivity contribution is 7.99. The van der Waals surface area contributed by atoms with E-state index in [-0.39, 0.29) is 17.2 Å². The second-order valence-corrected chi connectivity index (χ2v) is 16.2. The monoisotopic (exact) mass is 761 g/mol. The zero-order valence-electron chi connectivity index (χ0n) is 30.9. The molecule has 0 spiro atoms. The number of imide groups is 1. The van der Waals surface area contributed by atoms with E-state index >= 15 is 4.39 Å². The van der Waals surface area contributed by atoms with Crippen LogP contribution in [-0.2, 0) is 20.1 Å². The predicted octanol–water partition coefficient (Wildman–Crippen LogP) is 4.90. The maximum Gasteiger partial charge on any atom is 0.261 e. The van der Waals surface area contributed by atoms with Crippen molar-refractivity contribution in [3.05, 3.63) is 71.2 Å². The molecule has 4 aliphatic heterocycles. The lowest BCUT2D eigenvalue weighted by Gasteiger charge is -2.41. The number of ether oxygens (including phenoxy) is 2. The van der Waals surface area contributed by atoms with Gasteiger partial charge in [0.1, 0.15) is 28.8 Å². The van der Waals surface area contributed by atoms with Gasteiger partial charge >= 0.3 is 0 Å². The summed E-state index contributed by atoms with van der Waals surface area (Å²) in [6.07, 6.45) is 9.02. The Kier molecular flexibility index (Phi) is 12.7. The third kappa shape index (κ3) is 9.74. The Bertz CT molecular complexity index is 1830. The minimum Gasteiger partial charge on any atom is -0.493 e. The molecule has 3 aromatic rings. The molecule has 0 bridgehead atoms. The number of thioether (sulfide) groups is 1. The van der Waals surface area contributed by atoms with E-state index in [0.29, 0.717) is 59.5 Å². The average molecular weight is 762 g/mol. The normalized spacial score (nSPS) is 21.9. The maximum atomic E-state index is 15.1. The van der Waals surface area contributed by atoms with E-state index in [4.69, 9.17) is 9.47 Å². The van der Waals surface area contributed by atoms with Crippen LogP contribution in [0.2, 0.25) is 0 Å². The van der Waals surface area contributed by atoms with Gasteiger partial charge in [0.15, 0.2) is 0 Å².